The van der Waals surface area contributed by atoms with Crippen LogP contribution in [0, 0.1) is 12.7 Å². The molecule has 0 aliphatic rings. The molecule has 4 heteroatoms. The lowest BCUT2D eigenvalue weighted by molar-refractivity contribution is -0.111. The number of anilines is 1. The van der Waals surface area contributed by atoms with E-state index in [1.807, 2.05) is 31.2 Å². The van der Waals surface area contributed by atoms with Gasteiger partial charge in [-0.05, 0) is 48.4 Å². The van der Waals surface area contributed by atoms with Crippen LogP contribution in [-0.2, 0) is 4.79 Å². The first-order valence-electron chi connectivity index (χ1n) is 6.05. The number of aryl methyl sites for hydroxylation is 1. The number of benzene rings is 2. The molecular weight excluding hydrogens is 321 g/mol. The fraction of sp³-hybridized carbons (Fsp3) is 0.0625. The second-order valence-corrected chi connectivity index (χ2v) is 5.25. The Bertz CT molecular complexity index is 667. The van der Waals surface area contributed by atoms with Crippen molar-refractivity contribution >= 4 is 33.6 Å². The van der Waals surface area contributed by atoms with Gasteiger partial charge in [0.15, 0.2) is 0 Å². The molecule has 20 heavy (non-hydrogen) atoms. The zero-order valence-corrected chi connectivity index (χ0v) is 12.4. The van der Waals surface area contributed by atoms with Gasteiger partial charge in [0.25, 0.3) is 0 Å². The molecule has 2 aromatic rings. The highest BCUT2D eigenvalue weighted by Gasteiger charge is 2.03. The molecule has 0 atom stereocenters. The van der Waals surface area contributed by atoms with E-state index in [-0.39, 0.29) is 11.7 Å². The minimum atomic E-state index is -0.373. The summed E-state index contributed by atoms with van der Waals surface area (Å²) in [4.78, 5) is 11.8. The Kier molecular flexibility index (Phi) is 4.69. The van der Waals surface area contributed by atoms with Crippen LogP contribution in [0.2, 0.25) is 0 Å². The smallest absolute Gasteiger partial charge is 0.248 e. The summed E-state index contributed by atoms with van der Waals surface area (Å²) in [5.41, 5.74) is 2.20. The maximum absolute atomic E-state index is 13.1. The molecular formula is C16H13BrFNO. The van der Waals surface area contributed by atoms with Crippen molar-refractivity contribution in [2.75, 3.05) is 5.32 Å². The third kappa shape index (κ3) is 4.03. The van der Waals surface area contributed by atoms with Gasteiger partial charge in [0.2, 0.25) is 5.91 Å². The zero-order chi connectivity index (χ0) is 14.5. The van der Waals surface area contributed by atoms with Gasteiger partial charge in [-0.15, -0.1) is 0 Å². The Hall–Kier alpha value is -1.94. The summed E-state index contributed by atoms with van der Waals surface area (Å²) in [5, 5.41) is 2.66. The number of rotatable bonds is 3. The Morgan fingerprint density at radius 3 is 2.80 bits per heavy atom. The Morgan fingerprint density at radius 2 is 2.05 bits per heavy atom. The van der Waals surface area contributed by atoms with E-state index >= 15 is 0 Å². The number of carbonyl (C=O) groups excluding carboxylic acids is 1. The summed E-state index contributed by atoms with van der Waals surface area (Å²) in [7, 11) is 0. The van der Waals surface area contributed by atoms with Crippen molar-refractivity contribution in [3.63, 3.8) is 0 Å². The van der Waals surface area contributed by atoms with Crippen molar-refractivity contribution in [2.45, 2.75) is 6.92 Å². The molecule has 0 saturated carbocycles. The normalized spacial score (nSPS) is 10.8. The summed E-state index contributed by atoms with van der Waals surface area (Å²) in [6.07, 6.45) is 3.13. The highest BCUT2D eigenvalue weighted by Crippen LogP contribution is 2.16. The minimum absolute atomic E-state index is 0.293. The summed E-state index contributed by atoms with van der Waals surface area (Å²) in [5.74, 6) is -0.666. The first kappa shape index (κ1) is 14.5. The van der Waals surface area contributed by atoms with Gasteiger partial charge >= 0.3 is 0 Å². The van der Waals surface area contributed by atoms with Gasteiger partial charge in [0.1, 0.15) is 5.82 Å². The maximum atomic E-state index is 13.1. The van der Waals surface area contributed by atoms with E-state index in [9.17, 15) is 9.18 Å². The van der Waals surface area contributed by atoms with E-state index in [2.05, 4.69) is 21.2 Å². The van der Waals surface area contributed by atoms with Gasteiger partial charge in [-0.25, -0.2) is 4.39 Å². The standard InChI is InChI=1S/C16H13BrFNO/c1-11-5-7-14(18)10-15(11)19-16(20)8-6-12-3-2-4-13(17)9-12/h2-10H,1H3,(H,19,20). The monoisotopic (exact) mass is 333 g/mol. The van der Waals surface area contributed by atoms with Crippen LogP contribution in [0.1, 0.15) is 11.1 Å². The van der Waals surface area contributed by atoms with Crippen LogP contribution in [0.4, 0.5) is 10.1 Å². The fourth-order valence-electron chi connectivity index (χ4n) is 1.69. The van der Waals surface area contributed by atoms with Crippen LogP contribution in [0.25, 0.3) is 6.08 Å². The zero-order valence-electron chi connectivity index (χ0n) is 10.9. The molecule has 2 nitrogen and oxygen atoms in total. The molecule has 102 valence electrons. The van der Waals surface area contributed by atoms with Crippen LogP contribution >= 0.6 is 15.9 Å². The van der Waals surface area contributed by atoms with E-state index in [0.717, 1.165) is 15.6 Å². The van der Waals surface area contributed by atoms with Crippen molar-refractivity contribution in [1.29, 1.82) is 0 Å². The SMILES string of the molecule is Cc1ccc(F)cc1NC(=O)C=Cc1cccc(Br)c1. The summed E-state index contributed by atoms with van der Waals surface area (Å²) in [6, 6.07) is 11.9. The molecule has 1 amide bonds. The first-order valence-corrected chi connectivity index (χ1v) is 6.85. The molecule has 1 N–H and O–H groups in total. The lowest BCUT2D eigenvalue weighted by Crippen LogP contribution is -2.09. The van der Waals surface area contributed by atoms with Gasteiger partial charge < -0.3 is 5.32 Å². The molecule has 0 radical (unpaired) electrons. The van der Waals surface area contributed by atoms with E-state index in [4.69, 9.17) is 0 Å². The number of amides is 1. The molecule has 0 aromatic heterocycles. The molecule has 0 unspecified atom stereocenters. The molecule has 0 spiro atoms. The van der Waals surface area contributed by atoms with Crippen LogP contribution in [0.3, 0.4) is 0 Å². The van der Waals surface area contributed by atoms with Crippen LogP contribution in [0.5, 0.6) is 0 Å². The second kappa shape index (κ2) is 6.48. The maximum Gasteiger partial charge on any atom is 0.248 e. The van der Waals surface area contributed by atoms with Crippen LogP contribution in [0.15, 0.2) is 53.0 Å². The molecule has 0 saturated heterocycles. The number of halogens is 2. The minimum Gasteiger partial charge on any atom is -0.322 e. The lowest BCUT2D eigenvalue weighted by atomic mass is 10.2. The summed E-state index contributed by atoms with van der Waals surface area (Å²) in [6.45, 7) is 1.81. The molecule has 0 aliphatic heterocycles. The molecule has 2 rings (SSSR count). The van der Waals surface area contributed by atoms with Gasteiger partial charge in [0, 0.05) is 16.2 Å². The number of nitrogens with one attached hydrogen (secondary N) is 1. The molecule has 0 heterocycles. The van der Waals surface area contributed by atoms with Crippen molar-refractivity contribution in [2.24, 2.45) is 0 Å². The topological polar surface area (TPSA) is 29.1 Å². The second-order valence-electron chi connectivity index (χ2n) is 4.34. The van der Waals surface area contributed by atoms with Gasteiger partial charge in [-0.1, -0.05) is 34.1 Å². The number of hydrogen-bond acceptors (Lipinski definition) is 1. The van der Waals surface area contributed by atoms with Crippen LogP contribution in [-0.4, -0.2) is 5.91 Å². The highest BCUT2D eigenvalue weighted by molar-refractivity contribution is 9.10. The summed E-state index contributed by atoms with van der Waals surface area (Å²) >= 11 is 3.36. The van der Waals surface area contributed by atoms with E-state index < -0.39 is 0 Å². The molecule has 0 bridgehead atoms. The fourth-order valence-corrected chi connectivity index (χ4v) is 2.10. The van der Waals surface area contributed by atoms with Gasteiger partial charge in [0.05, 0.1) is 0 Å². The van der Waals surface area contributed by atoms with Crippen molar-refractivity contribution in [1.82, 2.24) is 0 Å². The van der Waals surface area contributed by atoms with E-state index in [1.165, 1.54) is 18.2 Å². The number of carbonyl (C=O) groups is 1. The van der Waals surface area contributed by atoms with Crippen LogP contribution < -0.4 is 5.32 Å². The Morgan fingerprint density at radius 1 is 1.25 bits per heavy atom. The van der Waals surface area contributed by atoms with Crippen molar-refractivity contribution in [3.8, 4) is 0 Å². The number of hydrogen-bond donors (Lipinski definition) is 1. The third-order valence-electron chi connectivity index (χ3n) is 2.73. The average molecular weight is 334 g/mol. The van der Waals surface area contributed by atoms with E-state index in [1.54, 1.807) is 12.1 Å². The molecule has 0 fully saturated rings. The predicted molar refractivity (Wildman–Crippen MR) is 82.9 cm³/mol. The first-order chi connectivity index (χ1) is 9.54. The molecule has 2 aromatic carbocycles. The largest absolute Gasteiger partial charge is 0.322 e. The molecule has 0 aliphatic carbocycles. The van der Waals surface area contributed by atoms with Gasteiger partial charge in [-0.2, -0.15) is 0 Å². The van der Waals surface area contributed by atoms with E-state index in [0.29, 0.717) is 5.69 Å². The lowest BCUT2D eigenvalue weighted by Gasteiger charge is -2.06. The van der Waals surface area contributed by atoms with Crippen molar-refractivity contribution in [3.05, 3.63) is 70.0 Å². The summed E-state index contributed by atoms with van der Waals surface area (Å²) < 4.78 is 14.1. The Balaban J connectivity index is 2.07. The predicted octanol–water partition coefficient (Wildman–Crippen LogP) is 4.55. The third-order valence-corrected chi connectivity index (χ3v) is 3.23. The van der Waals surface area contributed by atoms with Gasteiger partial charge in [-0.3, -0.25) is 4.79 Å². The highest BCUT2D eigenvalue weighted by atomic mass is 79.9. The quantitative estimate of drug-likeness (QED) is 0.820. The average Bonchev–Trinajstić information content (AvgIpc) is 2.41. The van der Waals surface area contributed by atoms with Crippen molar-refractivity contribution < 1.29 is 9.18 Å². The Labute approximate surface area is 125 Å².